The van der Waals surface area contributed by atoms with Crippen LogP contribution < -0.4 is 10.6 Å². The Labute approximate surface area is 174 Å². The van der Waals surface area contributed by atoms with Gasteiger partial charge in [-0.25, -0.2) is 14.2 Å². The molecule has 30 heavy (non-hydrogen) atoms. The Hall–Kier alpha value is -3.61. The van der Waals surface area contributed by atoms with Gasteiger partial charge in [0.25, 0.3) is 0 Å². The smallest absolute Gasteiger partial charge is 0.315 e. The van der Waals surface area contributed by atoms with Crippen LogP contribution in [0.1, 0.15) is 23.9 Å². The summed E-state index contributed by atoms with van der Waals surface area (Å²) in [6, 6.07) is 15.6. The zero-order valence-corrected chi connectivity index (χ0v) is 16.8. The number of hydrogen-bond donors (Lipinski definition) is 2. The summed E-state index contributed by atoms with van der Waals surface area (Å²) in [6.45, 7) is 1.33. The minimum absolute atomic E-state index is 0.315. The average Bonchev–Trinajstić information content (AvgIpc) is 3.35. The van der Waals surface area contributed by atoms with E-state index >= 15 is 0 Å². The third-order valence-corrected chi connectivity index (χ3v) is 5.12. The molecule has 2 aromatic carbocycles. The number of carbonyl (C=O) groups excluding carboxylic acids is 1. The lowest BCUT2D eigenvalue weighted by atomic mass is 10.1. The van der Waals surface area contributed by atoms with Crippen molar-refractivity contribution in [1.82, 2.24) is 24.8 Å². The molecule has 1 atom stereocenters. The summed E-state index contributed by atoms with van der Waals surface area (Å²) in [5.41, 5.74) is 1.82. The van der Waals surface area contributed by atoms with Gasteiger partial charge in [-0.3, -0.25) is 0 Å². The minimum atomic E-state index is -0.547. The van der Waals surface area contributed by atoms with Gasteiger partial charge in [0.2, 0.25) is 0 Å². The number of benzene rings is 2. The molecule has 154 valence electrons. The number of rotatable bonds is 7. The van der Waals surface area contributed by atoms with Crippen molar-refractivity contribution in [3.05, 3.63) is 90.4 Å². The Balaban J connectivity index is 1.36. The Morgan fingerprint density at radius 1 is 1.13 bits per heavy atom. The van der Waals surface area contributed by atoms with Crippen molar-refractivity contribution >= 4 is 16.9 Å². The van der Waals surface area contributed by atoms with Crippen LogP contribution in [0.4, 0.5) is 9.18 Å². The summed E-state index contributed by atoms with van der Waals surface area (Å²) in [6.07, 6.45) is 6.30. The van der Waals surface area contributed by atoms with E-state index in [0.29, 0.717) is 17.9 Å². The van der Waals surface area contributed by atoms with E-state index in [-0.39, 0.29) is 11.8 Å². The normalized spacial score (nSPS) is 12.1. The molecule has 0 radical (unpaired) electrons. The van der Waals surface area contributed by atoms with E-state index in [4.69, 9.17) is 0 Å². The van der Waals surface area contributed by atoms with E-state index in [9.17, 15) is 9.18 Å². The lowest BCUT2D eigenvalue weighted by molar-refractivity contribution is 0.238. The van der Waals surface area contributed by atoms with Gasteiger partial charge in [-0.05, 0) is 41.6 Å². The minimum Gasteiger partial charge on any atom is -0.347 e. The molecule has 2 heterocycles. The van der Waals surface area contributed by atoms with E-state index in [1.807, 2.05) is 23.7 Å². The summed E-state index contributed by atoms with van der Waals surface area (Å²) in [5.74, 6) is 0.280. The molecule has 0 saturated heterocycles. The number of urea groups is 1. The molecule has 0 aliphatic carbocycles. The van der Waals surface area contributed by atoms with Crippen LogP contribution in [0, 0.1) is 5.82 Å². The summed E-state index contributed by atoms with van der Waals surface area (Å²) in [4.78, 5) is 16.9. The number of nitrogens with zero attached hydrogens (tertiary/aromatic N) is 3. The predicted molar refractivity (Wildman–Crippen MR) is 115 cm³/mol. The quantitative estimate of drug-likeness (QED) is 0.457. The van der Waals surface area contributed by atoms with Crippen LogP contribution in [0.2, 0.25) is 0 Å². The van der Waals surface area contributed by atoms with Crippen LogP contribution in [0.15, 0.2) is 73.2 Å². The van der Waals surface area contributed by atoms with Gasteiger partial charge in [0, 0.05) is 44.2 Å². The highest BCUT2D eigenvalue weighted by atomic mass is 19.1. The molecule has 0 saturated carbocycles. The highest BCUT2D eigenvalue weighted by Gasteiger charge is 2.21. The highest BCUT2D eigenvalue weighted by Crippen LogP contribution is 2.21. The lowest BCUT2D eigenvalue weighted by Crippen LogP contribution is -2.39. The maximum absolute atomic E-state index is 13.7. The first-order valence-electron chi connectivity index (χ1n) is 9.93. The first-order valence-corrected chi connectivity index (χ1v) is 9.93. The zero-order valence-electron chi connectivity index (χ0n) is 16.8. The van der Waals surface area contributed by atoms with Gasteiger partial charge in [-0.2, -0.15) is 0 Å². The van der Waals surface area contributed by atoms with Crippen LogP contribution in [-0.2, 0) is 13.6 Å². The molecule has 4 aromatic rings. The SMILES string of the molecule is Cn1ccnc1[C@H](NC(=O)NCCCn1ccc2ccccc21)c1cccc(F)c1. The molecule has 0 bridgehead atoms. The zero-order chi connectivity index (χ0) is 20.9. The van der Waals surface area contributed by atoms with Gasteiger partial charge in [0.1, 0.15) is 17.7 Å². The van der Waals surface area contributed by atoms with Crippen LogP contribution in [0.5, 0.6) is 0 Å². The molecule has 0 unspecified atom stereocenters. The van der Waals surface area contributed by atoms with E-state index in [1.54, 1.807) is 24.5 Å². The van der Waals surface area contributed by atoms with Crippen molar-refractivity contribution in [2.75, 3.05) is 6.54 Å². The number of aryl methyl sites for hydroxylation is 2. The summed E-state index contributed by atoms with van der Waals surface area (Å²) >= 11 is 0. The fourth-order valence-electron chi connectivity index (χ4n) is 3.61. The summed E-state index contributed by atoms with van der Waals surface area (Å²) in [5, 5.41) is 7.02. The largest absolute Gasteiger partial charge is 0.347 e. The van der Waals surface area contributed by atoms with Crippen molar-refractivity contribution < 1.29 is 9.18 Å². The Kier molecular flexibility index (Phi) is 5.79. The summed E-state index contributed by atoms with van der Waals surface area (Å²) < 4.78 is 17.7. The first kappa shape index (κ1) is 19.7. The number of nitrogens with one attached hydrogen (secondary N) is 2. The molecule has 0 aliphatic heterocycles. The molecular formula is C23H24FN5O. The van der Waals surface area contributed by atoms with Crippen molar-refractivity contribution in [2.45, 2.75) is 19.0 Å². The topological polar surface area (TPSA) is 63.9 Å². The number of halogens is 1. The Morgan fingerprint density at radius 3 is 2.80 bits per heavy atom. The molecular weight excluding hydrogens is 381 g/mol. The number of hydrogen-bond acceptors (Lipinski definition) is 2. The molecule has 2 amide bonds. The molecule has 4 rings (SSSR count). The van der Waals surface area contributed by atoms with E-state index in [2.05, 4.69) is 44.6 Å². The third-order valence-electron chi connectivity index (χ3n) is 5.12. The van der Waals surface area contributed by atoms with E-state index in [0.717, 1.165) is 13.0 Å². The fraction of sp³-hybridized carbons (Fsp3) is 0.217. The predicted octanol–water partition coefficient (Wildman–Crippen LogP) is 3.99. The highest BCUT2D eigenvalue weighted by molar-refractivity contribution is 5.79. The van der Waals surface area contributed by atoms with Gasteiger partial charge in [-0.15, -0.1) is 0 Å². The van der Waals surface area contributed by atoms with Gasteiger partial charge < -0.3 is 19.8 Å². The van der Waals surface area contributed by atoms with Crippen LogP contribution in [-0.4, -0.2) is 26.7 Å². The first-order chi connectivity index (χ1) is 14.6. The molecule has 0 aliphatic rings. The molecule has 2 N–H and O–H groups in total. The molecule has 6 nitrogen and oxygen atoms in total. The van der Waals surface area contributed by atoms with Crippen molar-refractivity contribution in [3.63, 3.8) is 0 Å². The lowest BCUT2D eigenvalue weighted by Gasteiger charge is -2.19. The van der Waals surface area contributed by atoms with Gasteiger partial charge in [0.15, 0.2) is 0 Å². The monoisotopic (exact) mass is 405 g/mol. The molecule has 0 spiro atoms. The number of aromatic nitrogens is 3. The van der Waals surface area contributed by atoms with Crippen molar-refractivity contribution in [2.24, 2.45) is 7.05 Å². The molecule has 0 fully saturated rings. The standard InChI is InChI=1S/C23H24FN5O/c1-28-15-12-25-22(28)21(18-7-4-8-19(24)16-18)27-23(30)26-11-5-13-29-14-10-17-6-2-3-9-20(17)29/h2-4,6-10,12,14-16,21H,5,11,13H2,1H3,(H2,26,27,30)/t21-/m1/s1. The van der Waals surface area contributed by atoms with Gasteiger partial charge >= 0.3 is 6.03 Å². The second-order valence-electron chi connectivity index (χ2n) is 7.21. The number of amides is 2. The maximum Gasteiger partial charge on any atom is 0.315 e. The van der Waals surface area contributed by atoms with Crippen LogP contribution >= 0.6 is 0 Å². The number of imidazole rings is 1. The molecule has 7 heteroatoms. The van der Waals surface area contributed by atoms with E-state index in [1.165, 1.54) is 23.0 Å². The van der Waals surface area contributed by atoms with Crippen molar-refractivity contribution in [3.8, 4) is 0 Å². The fourth-order valence-corrected chi connectivity index (χ4v) is 3.61. The Bertz CT molecular complexity index is 1150. The number of para-hydroxylation sites is 1. The second kappa shape index (κ2) is 8.82. The van der Waals surface area contributed by atoms with Crippen molar-refractivity contribution in [1.29, 1.82) is 0 Å². The number of carbonyl (C=O) groups is 1. The average molecular weight is 405 g/mol. The van der Waals surface area contributed by atoms with E-state index < -0.39 is 6.04 Å². The van der Waals surface area contributed by atoms with Gasteiger partial charge in [-0.1, -0.05) is 30.3 Å². The second-order valence-corrected chi connectivity index (χ2v) is 7.21. The van der Waals surface area contributed by atoms with Gasteiger partial charge in [0.05, 0.1) is 0 Å². The maximum atomic E-state index is 13.7. The Morgan fingerprint density at radius 2 is 2.00 bits per heavy atom. The summed E-state index contributed by atoms with van der Waals surface area (Å²) in [7, 11) is 1.84. The third kappa shape index (κ3) is 4.35. The number of fused-ring (bicyclic) bond motifs is 1. The van der Waals surface area contributed by atoms with Crippen LogP contribution in [0.25, 0.3) is 10.9 Å². The molecule has 2 aromatic heterocycles. The van der Waals surface area contributed by atoms with Crippen LogP contribution in [0.3, 0.4) is 0 Å².